The second-order valence-electron chi connectivity index (χ2n) is 4.37. The first-order valence-corrected chi connectivity index (χ1v) is 7.97. The first-order valence-electron chi connectivity index (χ1n) is 5.37. The van der Waals surface area contributed by atoms with E-state index < -0.39 is 9.84 Å². The number of sulfone groups is 1. The molecular formula is C12H15NO2S2. The molecule has 5 heteroatoms. The number of rotatable bonds is 3. The topological polar surface area (TPSA) is 60.2 Å². The lowest BCUT2D eigenvalue weighted by molar-refractivity contribution is 0.587. The zero-order valence-electron chi connectivity index (χ0n) is 9.80. The average Bonchev–Trinajstić information content (AvgIpc) is 2.60. The van der Waals surface area contributed by atoms with Crippen molar-refractivity contribution in [2.24, 2.45) is 0 Å². The summed E-state index contributed by atoms with van der Waals surface area (Å²) in [5.74, 6) is 0.0914. The van der Waals surface area contributed by atoms with E-state index in [1.807, 2.05) is 23.6 Å². The zero-order valence-corrected chi connectivity index (χ0v) is 11.4. The molecule has 0 aliphatic heterocycles. The first-order chi connectivity index (χ1) is 7.90. The highest BCUT2D eigenvalue weighted by Crippen LogP contribution is 2.29. The maximum Gasteiger partial charge on any atom is 0.156 e. The minimum atomic E-state index is -3.06. The highest BCUT2D eigenvalue weighted by molar-refractivity contribution is 7.91. The van der Waals surface area contributed by atoms with Crippen molar-refractivity contribution in [2.75, 3.05) is 5.73 Å². The van der Waals surface area contributed by atoms with Gasteiger partial charge in [-0.3, -0.25) is 0 Å². The van der Waals surface area contributed by atoms with Gasteiger partial charge in [-0.05, 0) is 48.4 Å². The Labute approximate surface area is 105 Å². The van der Waals surface area contributed by atoms with Crippen molar-refractivity contribution in [1.82, 2.24) is 0 Å². The molecule has 0 fully saturated rings. The molecule has 0 aliphatic rings. The number of hydrogen-bond acceptors (Lipinski definition) is 4. The van der Waals surface area contributed by atoms with Crippen LogP contribution in [0, 0.1) is 0 Å². The predicted molar refractivity (Wildman–Crippen MR) is 74.0 cm³/mol. The van der Waals surface area contributed by atoms with Crippen LogP contribution in [0.15, 0.2) is 23.6 Å². The van der Waals surface area contributed by atoms with Gasteiger partial charge in [-0.2, -0.15) is 0 Å². The molecule has 2 aromatic rings. The summed E-state index contributed by atoms with van der Waals surface area (Å²) in [6, 6.07) is 5.61. The Bertz CT molecular complexity index is 642. The van der Waals surface area contributed by atoms with E-state index in [0.717, 1.165) is 15.6 Å². The molecule has 92 valence electrons. The maximum atomic E-state index is 11.9. The molecule has 0 saturated heterocycles. The second-order valence-corrected chi connectivity index (χ2v) is 7.84. The lowest BCUT2D eigenvalue weighted by Gasteiger charge is -2.06. The first kappa shape index (κ1) is 12.4. The highest BCUT2D eigenvalue weighted by atomic mass is 32.2. The fourth-order valence-corrected chi connectivity index (χ4v) is 3.65. The monoisotopic (exact) mass is 269 g/mol. The molecule has 0 spiro atoms. The Hall–Kier alpha value is -1.07. The van der Waals surface area contributed by atoms with Crippen LogP contribution < -0.4 is 5.73 Å². The van der Waals surface area contributed by atoms with Gasteiger partial charge in [-0.1, -0.05) is 0 Å². The molecule has 2 rings (SSSR count). The van der Waals surface area contributed by atoms with Crippen LogP contribution >= 0.6 is 11.3 Å². The lowest BCUT2D eigenvalue weighted by atomic mass is 10.2. The largest absolute Gasteiger partial charge is 0.399 e. The number of nitrogens with two attached hydrogens (primary N) is 1. The van der Waals surface area contributed by atoms with Crippen molar-refractivity contribution in [2.45, 2.75) is 24.9 Å². The minimum absolute atomic E-state index is 0.0914. The molecule has 2 N–H and O–H groups in total. The van der Waals surface area contributed by atoms with Crippen LogP contribution in [0.2, 0.25) is 0 Å². The summed E-state index contributed by atoms with van der Waals surface area (Å²) in [5.41, 5.74) is 7.25. The molecule has 0 saturated carbocycles. The lowest BCUT2D eigenvalue weighted by Crippen LogP contribution is -2.15. The van der Waals surface area contributed by atoms with E-state index in [1.165, 1.54) is 0 Å². The smallest absolute Gasteiger partial charge is 0.156 e. The molecule has 1 aromatic heterocycles. The maximum absolute atomic E-state index is 11.9. The molecule has 0 aliphatic carbocycles. The summed E-state index contributed by atoms with van der Waals surface area (Å²) < 4.78 is 24.9. The van der Waals surface area contributed by atoms with E-state index in [0.29, 0.717) is 5.69 Å². The summed E-state index contributed by atoms with van der Waals surface area (Å²) in [6.45, 7) is 3.41. The van der Waals surface area contributed by atoms with Gasteiger partial charge in [0.15, 0.2) is 9.84 Å². The van der Waals surface area contributed by atoms with E-state index in [9.17, 15) is 8.42 Å². The summed E-state index contributed by atoms with van der Waals surface area (Å²) in [4.78, 5) is 0. The number of hydrogen-bond donors (Lipinski definition) is 1. The highest BCUT2D eigenvalue weighted by Gasteiger charge is 2.18. The molecule has 3 nitrogen and oxygen atoms in total. The van der Waals surface area contributed by atoms with Crippen LogP contribution in [0.25, 0.3) is 10.1 Å². The van der Waals surface area contributed by atoms with Gasteiger partial charge in [0.05, 0.1) is 11.0 Å². The third-order valence-corrected chi connectivity index (χ3v) is 5.91. The molecule has 1 aromatic carbocycles. The molecule has 0 radical (unpaired) electrons. The Morgan fingerprint density at radius 1 is 1.35 bits per heavy atom. The van der Waals surface area contributed by atoms with Gasteiger partial charge in [-0.25, -0.2) is 8.42 Å². The molecule has 17 heavy (non-hydrogen) atoms. The predicted octanol–water partition coefficient (Wildman–Crippen LogP) is 2.81. The summed E-state index contributed by atoms with van der Waals surface area (Å²) in [6.07, 6.45) is 0. The third-order valence-electron chi connectivity index (χ3n) is 2.75. The fraction of sp³-hybridized carbons (Fsp3) is 0.333. The number of nitrogen functional groups attached to an aromatic ring is 1. The van der Waals surface area contributed by atoms with E-state index in [-0.39, 0.29) is 11.0 Å². The van der Waals surface area contributed by atoms with Gasteiger partial charge >= 0.3 is 0 Å². The standard InChI is InChI=1S/C12H15NO2S2/c1-8(2)17(14,15)7-9-6-16-12-4-3-10(13)5-11(9)12/h3-6,8H,7,13H2,1-2H3. The number of benzene rings is 1. The van der Waals surface area contributed by atoms with Crippen LogP contribution in [-0.4, -0.2) is 13.7 Å². The van der Waals surface area contributed by atoms with Gasteiger partial charge in [-0.15, -0.1) is 11.3 Å². The van der Waals surface area contributed by atoms with Gasteiger partial charge in [0.2, 0.25) is 0 Å². The Morgan fingerprint density at radius 3 is 2.71 bits per heavy atom. The fourth-order valence-electron chi connectivity index (χ4n) is 1.59. The van der Waals surface area contributed by atoms with E-state index >= 15 is 0 Å². The van der Waals surface area contributed by atoms with Gasteiger partial charge in [0.1, 0.15) is 0 Å². The van der Waals surface area contributed by atoms with Crippen LogP contribution in [0.4, 0.5) is 5.69 Å². The van der Waals surface area contributed by atoms with Gasteiger partial charge in [0, 0.05) is 10.4 Å². The van der Waals surface area contributed by atoms with Gasteiger partial charge < -0.3 is 5.73 Å². The molecule has 0 unspecified atom stereocenters. The van der Waals surface area contributed by atoms with Crippen LogP contribution in [0.1, 0.15) is 19.4 Å². The van der Waals surface area contributed by atoms with Crippen molar-refractivity contribution < 1.29 is 8.42 Å². The molecular weight excluding hydrogens is 254 g/mol. The average molecular weight is 269 g/mol. The Kier molecular flexibility index (Phi) is 3.14. The van der Waals surface area contributed by atoms with Crippen LogP contribution in [0.3, 0.4) is 0 Å². The number of anilines is 1. The SMILES string of the molecule is CC(C)S(=O)(=O)Cc1csc2ccc(N)cc12. The number of thiophene rings is 1. The summed E-state index contributed by atoms with van der Waals surface area (Å²) in [7, 11) is -3.06. The quantitative estimate of drug-likeness (QED) is 0.872. The van der Waals surface area contributed by atoms with Crippen molar-refractivity contribution >= 4 is 36.9 Å². The van der Waals surface area contributed by atoms with Crippen molar-refractivity contribution in [3.63, 3.8) is 0 Å². The van der Waals surface area contributed by atoms with Crippen molar-refractivity contribution in [3.05, 3.63) is 29.1 Å². The normalized spacial score (nSPS) is 12.4. The Balaban J connectivity index is 2.47. The molecule has 0 atom stereocenters. The Morgan fingerprint density at radius 2 is 2.06 bits per heavy atom. The van der Waals surface area contributed by atoms with E-state index in [1.54, 1.807) is 25.2 Å². The molecule has 0 bridgehead atoms. The minimum Gasteiger partial charge on any atom is -0.399 e. The summed E-state index contributed by atoms with van der Waals surface area (Å²) in [5, 5.41) is 2.52. The van der Waals surface area contributed by atoms with Crippen molar-refractivity contribution in [3.8, 4) is 0 Å². The van der Waals surface area contributed by atoms with Crippen molar-refractivity contribution in [1.29, 1.82) is 0 Å². The van der Waals surface area contributed by atoms with Gasteiger partial charge in [0.25, 0.3) is 0 Å². The van der Waals surface area contributed by atoms with Crippen LogP contribution in [-0.2, 0) is 15.6 Å². The summed E-state index contributed by atoms with van der Waals surface area (Å²) >= 11 is 1.56. The number of fused-ring (bicyclic) bond motifs is 1. The zero-order chi connectivity index (χ0) is 12.6. The van der Waals surface area contributed by atoms with E-state index in [4.69, 9.17) is 5.73 Å². The van der Waals surface area contributed by atoms with Crippen LogP contribution in [0.5, 0.6) is 0 Å². The molecule has 0 amide bonds. The second kappa shape index (κ2) is 4.31. The van der Waals surface area contributed by atoms with E-state index in [2.05, 4.69) is 0 Å². The third kappa shape index (κ3) is 2.45. The molecule has 1 heterocycles.